The van der Waals surface area contributed by atoms with Crippen molar-refractivity contribution in [2.24, 2.45) is 7.05 Å². The quantitative estimate of drug-likeness (QED) is 0.678. The van der Waals surface area contributed by atoms with Crippen LogP contribution in [0.25, 0.3) is 22.4 Å². The van der Waals surface area contributed by atoms with Crippen LogP contribution >= 0.6 is 11.9 Å². The van der Waals surface area contributed by atoms with Crippen LogP contribution in [0.15, 0.2) is 42.7 Å². The maximum absolute atomic E-state index is 13.3. The highest BCUT2D eigenvalue weighted by molar-refractivity contribution is 7.96. The molecule has 6 heteroatoms. The molecule has 0 spiro atoms. The molecule has 4 rings (SSSR count). The number of fused-ring (bicyclic) bond motifs is 1. The summed E-state index contributed by atoms with van der Waals surface area (Å²) >= 11 is 1.73. The van der Waals surface area contributed by atoms with Gasteiger partial charge in [0.1, 0.15) is 11.5 Å². The minimum absolute atomic E-state index is 0.239. The number of benzene rings is 1. The third-order valence-electron chi connectivity index (χ3n) is 4.30. The van der Waals surface area contributed by atoms with Crippen LogP contribution in [0.4, 0.5) is 4.39 Å². The summed E-state index contributed by atoms with van der Waals surface area (Å²) in [6.07, 6.45) is 5.97. The van der Waals surface area contributed by atoms with Gasteiger partial charge in [0.2, 0.25) is 0 Å². The SMILES string of the molecule is CSN1Cc2nccc(-c3cn(C)nc3-c3ccc(F)cc3)c2C1. The summed E-state index contributed by atoms with van der Waals surface area (Å²) in [5.41, 5.74) is 6.37. The van der Waals surface area contributed by atoms with Crippen molar-refractivity contribution in [3.63, 3.8) is 0 Å². The molecule has 0 saturated carbocycles. The third kappa shape index (κ3) is 2.61. The lowest BCUT2D eigenvalue weighted by Crippen LogP contribution is -2.04. The first-order chi connectivity index (χ1) is 11.7. The fourth-order valence-electron chi connectivity index (χ4n) is 3.14. The van der Waals surface area contributed by atoms with E-state index in [0.717, 1.165) is 41.2 Å². The van der Waals surface area contributed by atoms with Gasteiger partial charge in [-0.1, -0.05) is 11.9 Å². The molecule has 0 aliphatic carbocycles. The lowest BCUT2D eigenvalue weighted by Gasteiger charge is -2.10. The Morgan fingerprint density at radius 3 is 2.62 bits per heavy atom. The molecule has 0 bridgehead atoms. The molecule has 0 fully saturated rings. The van der Waals surface area contributed by atoms with Crippen LogP contribution in [-0.4, -0.2) is 25.3 Å². The van der Waals surface area contributed by atoms with Crippen LogP contribution in [0.1, 0.15) is 11.3 Å². The minimum atomic E-state index is -0.239. The van der Waals surface area contributed by atoms with E-state index in [1.165, 1.54) is 17.7 Å². The number of nitrogens with zero attached hydrogens (tertiary/aromatic N) is 4. The van der Waals surface area contributed by atoms with Gasteiger partial charge in [0.25, 0.3) is 0 Å². The van der Waals surface area contributed by atoms with Crippen LogP contribution in [0.2, 0.25) is 0 Å². The van der Waals surface area contributed by atoms with Crippen LogP contribution in [0.3, 0.4) is 0 Å². The molecule has 1 aliphatic rings. The summed E-state index contributed by atoms with van der Waals surface area (Å²) in [5.74, 6) is -0.239. The van der Waals surface area contributed by atoms with Gasteiger partial charge in [0, 0.05) is 37.1 Å². The normalized spacial score (nSPS) is 14.1. The van der Waals surface area contributed by atoms with Crippen molar-refractivity contribution in [3.05, 3.63) is 59.8 Å². The fraction of sp³-hybridized carbons (Fsp3) is 0.222. The number of rotatable bonds is 3. The zero-order valence-corrected chi connectivity index (χ0v) is 14.3. The lowest BCUT2D eigenvalue weighted by atomic mass is 9.98. The van der Waals surface area contributed by atoms with Gasteiger partial charge in [-0.15, -0.1) is 0 Å². The van der Waals surface area contributed by atoms with Gasteiger partial charge in [0.05, 0.1) is 12.2 Å². The second kappa shape index (κ2) is 6.03. The number of hydrogen-bond acceptors (Lipinski definition) is 4. The molecule has 122 valence electrons. The zero-order chi connectivity index (χ0) is 16.7. The van der Waals surface area contributed by atoms with Crippen LogP contribution in [0, 0.1) is 5.82 Å². The topological polar surface area (TPSA) is 34.0 Å². The first-order valence-electron chi connectivity index (χ1n) is 7.71. The highest BCUT2D eigenvalue weighted by Crippen LogP contribution is 2.37. The van der Waals surface area contributed by atoms with Gasteiger partial charge in [-0.05, 0) is 47.7 Å². The summed E-state index contributed by atoms with van der Waals surface area (Å²) in [5, 5.41) is 4.61. The average molecular weight is 340 g/mol. The van der Waals surface area contributed by atoms with Gasteiger partial charge >= 0.3 is 0 Å². The molecule has 1 aromatic carbocycles. The molecule has 0 radical (unpaired) electrons. The molecular weight excluding hydrogens is 323 g/mol. The summed E-state index contributed by atoms with van der Waals surface area (Å²) in [4.78, 5) is 4.53. The van der Waals surface area contributed by atoms with Gasteiger partial charge in [-0.25, -0.2) is 8.70 Å². The Hall–Kier alpha value is -2.18. The largest absolute Gasteiger partial charge is 0.275 e. The van der Waals surface area contributed by atoms with Crippen molar-refractivity contribution in [1.82, 2.24) is 19.1 Å². The van der Waals surface area contributed by atoms with E-state index in [4.69, 9.17) is 0 Å². The van der Waals surface area contributed by atoms with Crippen LogP contribution < -0.4 is 0 Å². The standard InChI is InChI=1S/C18H17FN4S/c1-22-9-16(18(21-22)12-3-5-13(19)6-4-12)14-7-8-20-17-11-23(24-2)10-15(14)17/h3-9H,10-11H2,1-2H3. The molecule has 0 N–H and O–H groups in total. The first-order valence-corrected chi connectivity index (χ1v) is 8.89. The third-order valence-corrected chi connectivity index (χ3v) is 5.08. The van der Waals surface area contributed by atoms with Gasteiger partial charge in [-0.3, -0.25) is 9.67 Å². The van der Waals surface area contributed by atoms with E-state index in [1.807, 2.05) is 30.2 Å². The van der Waals surface area contributed by atoms with Gasteiger partial charge in [-0.2, -0.15) is 5.10 Å². The first kappa shape index (κ1) is 15.4. The summed E-state index contributed by atoms with van der Waals surface area (Å²) in [7, 11) is 1.91. The zero-order valence-electron chi connectivity index (χ0n) is 13.5. The molecule has 0 unspecified atom stereocenters. The molecule has 4 nitrogen and oxygen atoms in total. The summed E-state index contributed by atoms with van der Waals surface area (Å²) in [6.45, 7) is 1.73. The number of hydrogen-bond donors (Lipinski definition) is 0. The minimum Gasteiger partial charge on any atom is -0.275 e. The molecule has 1 aliphatic heterocycles. The van der Waals surface area contributed by atoms with Gasteiger partial charge in [0.15, 0.2) is 0 Å². The molecule has 2 aromatic heterocycles. The van der Waals surface area contributed by atoms with E-state index in [1.54, 1.807) is 24.1 Å². The number of aromatic nitrogens is 3. The number of aryl methyl sites for hydroxylation is 1. The second-order valence-electron chi connectivity index (χ2n) is 5.84. The maximum Gasteiger partial charge on any atom is 0.123 e. The summed E-state index contributed by atoms with van der Waals surface area (Å²) in [6, 6.07) is 8.54. The highest BCUT2D eigenvalue weighted by Gasteiger charge is 2.25. The molecular formula is C18H17FN4S. The lowest BCUT2D eigenvalue weighted by molar-refractivity contribution is 0.508. The van der Waals surface area contributed by atoms with E-state index < -0.39 is 0 Å². The molecule has 3 aromatic rings. The van der Waals surface area contributed by atoms with Gasteiger partial charge < -0.3 is 0 Å². The Kier molecular flexibility index (Phi) is 3.86. The van der Waals surface area contributed by atoms with E-state index in [9.17, 15) is 4.39 Å². The molecule has 3 heterocycles. The Bertz CT molecular complexity index is 889. The van der Waals surface area contributed by atoms with E-state index in [2.05, 4.69) is 20.6 Å². The maximum atomic E-state index is 13.3. The summed E-state index contributed by atoms with van der Waals surface area (Å²) < 4.78 is 17.3. The molecule has 24 heavy (non-hydrogen) atoms. The van der Waals surface area contributed by atoms with E-state index >= 15 is 0 Å². The predicted molar refractivity (Wildman–Crippen MR) is 94.6 cm³/mol. The smallest absolute Gasteiger partial charge is 0.123 e. The van der Waals surface area contributed by atoms with Crippen molar-refractivity contribution in [2.75, 3.05) is 6.26 Å². The van der Waals surface area contributed by atoms with E-state index in [-0.39, 0.29) is 5.82 Å². The van der Waals surface area contributed by atoms with Crippen molar-refractivity contribution in [3.8, 4) is 22.4 Å². The average Bonchev–Trinajstić information content (AvgIpc) is 3.18. The monoisotopic (exact) mass is 340 g/mol. The number of pyridine rings is 1. The van der Waals surface area contributed by atoms with Crippen LogP contribution in [-0.2, 0) is 20.1 Å². The second-order valence-corrected chi connectivity index (χ2v) is 6.72. The highest BCUT2D eigenvalue weighted by atomic mass is 32.2. The molecule has 0 saturated heterocycles. The van der Waals surface area contributed by atoms with E-state index in [0.29, 0.717) is 0 Å². The van der Waals surface area contributed by atoms with Crippen LogP contribution in [0.5, 0.6) is 0 Å². The van der Waals surface area contributed by atoms with Crippen molar-refractivity contribution in [2.45, 2.75) is 13.1 Å². The Labute approximate surface area is 144 Å². The Morgan fingerprint density at radius 2 is 1.88 bits per heavy atom. The van der Waals surface area contributed by atoms with Crippen molar-refractivity contribution < 1.29 is 4.39 Å². The fourth-order valence-corrected chi connectivity index (χ4v) is 3.65. The Balaban J connectivity index is 1.85. The van der Waals surface area contributed by atoms with Crippen molar-refractivity contribution >= 4 is 11.9 Å². The molecule has 0 atom stereocenters. The number of halogens is 1. The predicted octanol–water partition coefficient (Wildman–Crippen LogP) is 3.88. The Morgan fingerprint density at radius 1 is 1.08 bits per heavy atom. The molecule has 0 amide bonds. The van der Waals surface area contributed by atoms with Crippen molar-refractivity contribution in [1.29, 1.82) is 0 Å².